The second-order valence-electron chi connectivity index (χ2n) is 6.26. The van der Waals surface area contributed by atoms with Crippen LogP contribution in [0.3, 0.4) is 0 Å². The highest BCUT2D eigenvalue weighted by Crippen LogP contribution is 2.28. The van der Waals surface area contributed by atoms with Gasteiger partial charge in [0, 0.05) is 19.5 Å². The monoisotopic (exact) mass is 387 g/mol. The molecule has 7 heteroatoms. The van der Waals surface area contributed by atoms with E-state index in [0.29, 0.717) is 31.4 Å². The fraction of sp³-hybridized carbons (Fsp3) is 0.429. The molecule has 28 heavy (non-hydrogen) atoms. The van der Waals surface area contributed by atoms with Gasteiger partial charge in [-0.15, -0.1) is 0 Å². The molecule has 2 aromatic rings. The largest absolute Gasteiger partial charge is 0.493 e. The third-order valence-corrected chi connectivity index (χ3v) is 3.95. The van der Waals surface area contributed by atoms with Gasteiger partial charge in [-0.05, 0) is 44.0 Å². The summed E-state index contributed by atoms with van der Waals surface area (Å²) in [5.74, 6) is 2.43. The maximum Gasteiger partial charge on any atom is 0.212 e. The molecule has 0 saturated carbocycles. The standard InChI is InChI=1S/C21H29N3O4/c1-6-7-9-26-19-12-16(2)21(17(3)13-19)28-11-8-10-27-20-14-18(15-22-25-5)23-24(20)4/h6-7,12-15H,8-11H2,1-5H3/b7-6+,22-15+. The first-order chi connectivity index (χ1) is 13.5. The number of hydrogen-bond donors (Lipinski definition) is 0. The van der Waals surface area contributed by atoms with E-state index in [1.165, 1.54) is 13.3 Å². The van der Waals surface area contributed by atoms with Crippen LogP contribution in [0.15, 0.2) is 35.5 Å². The zero-order chi connectivity index (χ0) is 20.4. The predicted molar refractivity (Wildman–Crippen MR) is 110 cm³/mol. The number of benzene rings is 1. The van der Waals surface area contributed by atoms with Crippen LogP contribution < -0.4 is 14.2 Å². The highest BCUT2D eigenvalue weighted by molar-refractivity contribution is 5.76. The van der Waals surface area contributed by atoms with Crippen molar-refractivity contribution < 1.29 is 19.0 Å². The number of allylic oxidation sites excluding steroid dienone is 1. The number of hydrogen-bond acceptors (Lipinski definition) is 6. The quantitative estimate of drug-likeness (QED) is 0.254. The molecule has 0 spiro atoms. The molecular weight excluding hydrogens is 358 g/mol. The molecule has 0 atom stereocenters. The Balaban J connectivity index is 1.80. The van der Waals surface area contributed by atoms with E-state index in [9.17, 15) is 0 Å². The molecule has 1 aromatic heterocycles. The molecule has 1 aromatic carbocycles. The average Bonchev–Trinajstić information content (AvgIpc) is 3.01. The van der Waals surface area contributed by atoms with Gasteiger partial charge in [-0.1, -0.05) is 17.3 Å². The van der Waals surface area contributed by atoms with Gasteiger partial charge in [-0.3, -0.25) is 0 Å². The third-order valence-electron chi connectivity index (χ3n) is 3.95. The Labute approximate surface area is 166 Å². The lowest BCUT2D eigenvalue weighted by atomic mass is 10.1. The Morgan fingerprint density at radius 3 is 2.46 bits per heavy atom. The van der Waals surface area contributed by atoms with Gasteiger partial charge in [0.1, 0.15) is 30.9 Å². The van der Waals surface area contributed by atoms with Gasteiger partial charge in [0.2, 0.25) is 5.88 Å². The van der Waals surface area contributed by atoms with Gasteiger partial charge in [-0.25, -0.2) is 4.68 Å². The number of aryl methyl sites for hydroxylation is 3. The van der Waals surface area contributed by atoms with Gasteiger partial charge in [0.25, 0.3) is 0 Å². The molecule has 0 N–H and O–H groups in total. The summed E-state index contributed by atoms with van der Waals surface area (Å²) in [6, 6.07) is 5.81. The third kappa shape index (κ3) is 6.33. The zero-order valence-corrected chi connectivity index (χ0v) is 17.3. The highest BCUT2D eigenvalue weighted by atomic mass is 16.6. The van der Waals surface area contributed by atoms with Gasteiger partial charge in [-0.2, -0.15) is 5.10 Å². The normalized spacial score (nSPS) is 11.3. The molecule has 0 aliphatic rings. The summed E-state index contributed by atoms with van der Waals surface area (Å²) >= 11 is 0. The van der Waals surface area contributed by atoms with E-state index >= 15 is 0 Å². The maximum absolute atomic E-state index is 5.97. The van der Waals surface area contributed by atoms with Gasteiger partial charge in [0.15, 0.2) is 0 Å². The molecule has 1 heterocycles. The van der Waals surface area contributed by atoms with Crippen LogP contribution in [0.1, 0.15) is 30.2 Å². The van der Waals surface area contributed by atoms with Crippen molar-refractivity contribution >= 4 is 6.21 Å². The van der Waals surface area contributed by atoms with Crippen molar-refractivity contribution in [3.05, 3.63) is 47.2 Å². The lowest BCUT2D eigenvalue weighted by molar-refractivity contribution is 0.215. The molecule has 0 amide bonds. The first-order valence-electron chi connectivity index (χ1n) is 9.26. The van der Waals surface area contributed by atoms with Crippen molar-refractivity contribution in [3.8, 4) is 17.4 Å². The summed E-state index contributed by atoms with van der Waals surface area (Å²) < 4.78 is 19.1. The first kappa shape index (κ1) is 21.3. The molecule has 152 valence electrons. The Morgan fingerprint density at radius 1 is 1.07 bits per heavy atom. The predicted octanol–water partition coefficient (Wildman–Crippen LogP) is 3.82. The summed E-state index contributed by atoms with van der Waals surface area (Å²) in [5.41, 5.74) is 2.80. The fourth-order valence-corrected chi connectivity index (χ4v) is 2.65. The second kappa shape index (κ2) is 11.0. The smallest absolute Gasteiger partial charge is 0.212 e. The second-order valence-corrected chi connectivity index (χ2v) is 6.26. The molecule has 7 nitrogen and oxygen atoms in total. The lowest BCUT2D eigenvalue weighted by Crippen LogP contribution is -2.08. The van der Waals surface area contributed by atoms with E-state index in [1.807, 2.05) is 58.2 Å². The Bertz CT molecular complexity index is 789. The minimum Gasteiger partial charge on any atom is -0.493 e. The number of nitrogens with zero attached hydrogens (tertiary/aromatic N) is 3. The highest BCUT2D eigenvalue weighted by Gasteiger charge is 2.08. The Morgan fingerprint density at radius 2 is 1.79 bits per heavy atom. The van der Waals surface area contributed by atoms with E-state index in [4.69, 9.17) is 14.2 Å². The molecule has 0 fully saturated rings. The summed E-state index contributed by atoms with van der Waals surface area (Å²) in [6.07, 6.45) is 6.24. The van der Waals surface area contributed by atoms with Crippen molar-refractivity contribution in [3.63, 3.8) is 0 Å². The Hall–Kier alpha value is -2.96. The van der Waals surface area contributed by atoms with Crippen LogP contribution in [0.25, 0.3) is 0 Å². The van der Waals surface area contributed by atoms with Gasteiger partial charge >= 0.3 is 0 Å². The average molecular weight is 387 g/mol. The minimum absolute atomic E-state index is 0.531. The van der Waals surface area contributed by atoms with Crippen LogP contribution in [0.2, 0.25) is 0 Å². The number of rotatable bonds is 11. The van der Waals surface area contributed by atoms with Crippen LogP contribution in [-0.2, 0) is 11.9 Å². The van der Waals surface area contributed by atoms with E-state index < -0.39 is 0 Å². The number of ether oxygens (including phenoxy) is 3. The van der Waals surface area contributed by atoms with E-state index in [1.54, 1.807) is 4.68 Å². The summed E-state index contributed by atoms with van der Waals surface area (Å²) in [5, 5.41) is 7.96. The molecular formula is C21H29N3O4. The number of oxime groups is 1. The molecule has 0 unspecified atom stereocenters. The molecule has 0 aliphatic heterocycles. The summed E-state index contributed by atoms with van der Waals surface area (Å²) in [4.78, 5) is 4.65. The summed E-state index contributed by atoms with van der Waals surface area (Å²) in [6.45, 7) is 7.70. The van der Waals surface area contributed by atoms with Gasteiger partial charge in [0.05, 0.1) is 19.4 Å². The van der Waals surface area contributed by atoms with Crippen molar-refractivity contribution in [2.24, 2.45) is 12.2 Å². The Kier molecular flexibility index (Phi) is 8.39. The van der Waals surface area contributed by atoms with Crippen LogP contribution in [0.4, 0.5) is 0 Å². The maximum atomic E-state index is 5.97. The zero-order valence-electron chi connectivity index (χ0n) is 17.3. The molecule has 2 rings (SSSR count). The fourth-order valence-electron chi connectivity index (χ4n) is 2.65. The van der Waals surface area contributed by atoms with E-state index in [2.05, 4.69) is 15.1 Å². The van der Waals surface area contributed by atoms with Gasteiger partial charge < -0.3 is 19.0 Å². The SMILES string of the molecule is C/C=C/COc1cc(C)c(OCCCOc2cc(/C=N/OC)nn2C)c(C)c1. The minimum atomic E-state index is 0.531. The van der Waals surface area contributed by atoms with Crippen molar-refractivity contribution in [1.29, 1.82) is 0 Å². The van der Waals surface area contributed by atoms with Crippen LogP contribution >= 0.6 is 0 Å². The van der Waals surface area contributed by atoms with E-state index in [0.717, 1.165) is 29.0 Å². The lowest BCUT2D eigenvalue weighted by Gasteiger charge is -2.14. The first-order valence-corrected chi connectivity index (χ1v) is 9.26. The van der Waals surface area contributed by atoms with Crippen LogP contribution in [0.5, 0.6) is 17.4 Å². The molecule has 0 bridgehead atoms. The topological polar surface area (TPSA) is 67.1 Å². The summed E-state index contributed by atoms with van der Waals surface area (Å²) in [7, 11) is 3.31. The van der Waals surface area contributed by atoms with Crippen LogP contribution in [-0.4, -0.2) is 42.9 Å². The van der Waals surface area contributed by atoms with E-state index in [-0.39, 0.29) is 0 Å². The van der Waals surface area contributed by atoms with Crippen molar-refractivity contribution in [2.75, 3.05) is 26.9 Å². The van der Waals surface area contributed by atoms with Crippen LogP contribution in [0, 0.1) is 13.8 Å². The molecule has 0 radical (unpaired) electrons. The molecule has 0 aliphatic carbocycles. The van der Waals surface area contributed by atoms with Crippen molar-refractivity contribution in [1.82, 2.24) is 9.78 Å². The number of aromatic nitrogens is 2. The molecule has 0 saturated heterocycles. The van der Waals surface area contributed by atoms with Crippen molar-refractivity contribution in [2.45, 2.75) is 27.2 Å².